The molecule has 1 atom stereocenters. The van der Waals surface area contributed by atoms with Crippen LogP contribution in [-0.4, -0.2) is 52.0 Å². The SMILES string of the molecule is C[NH+]1CC[NH+](CC[C@]2(Cc3ccccc3)CCOC(C)(C)C2)CC1. The Kier molecular flexibility index (Phi) is 5.63. The molecule has 2 N–H and O–H groups in total. The number of quaternary nitrogens is 2. The number of hydrogen-bond donors (Lipinski definition) is 2. The molecule has 0 unspecified atom stereocenters. The van der Waals surface area contributed by atoms with Gasteiger partial charge in [0, 0.05) is 13.0 Å². The van der Waals surface area contributed by atoms with Gasteiger partial charge in [-0.15, -0.1) is 0 Å². The van der Waals surface area contributed by atoms with Crippen molar-refractivity contribution in [3.8, 4) is 0 Å². The lowest BCUT2D eigenvalue weighted by Gasteiger charge is -2.45. The Hall–Kier alpha value is -0.900. The third-order valence-corrected chi connectivity index (χ3v) is 6.17. The lowest BCUT2D eigenvalue weighted by molar-refractivity contribution is -1.00. The molecular formula is C21H36N2O+2. The zero-order valence-electron chi connectivity index (χ0n) is 15.9. The summed E-state index contributed by atoms with van der Waals surface area (Å²) < 4.78 is 6.05. The van der Waals surface area contributed by atoms with Gasteiger partial charge in [0.1, 0.15) is 26.2 Å². The van der Waals surface area contributed by atoms with Gasteiger partial charge in [0.05, 0.1) is 19.2 Å². The maximum absolute atomic E-state index is 6.05. The van der Waals surface area contributed by atoms with Crippen LogP contribution in [0.3, 0.4) is 0 Å². The quantitative estimate of drug-likeness (QED) is 0.808. The Morgan fingerprint density at radius 2 is 1.75 bits per heavy atom. The zero-order valence-corrected chi connectivity index (χ0v) is 15.9. The molecule has 0 spiro atoms. The van der Waals surface area contributed by atoms with E-state index in [1.807, 2.05) is 4.90 Å². The number of piperazine rings is 1. The van der Waals surface area contributed by atoms with Crippen LogP contribution in [0.5, 0.6) is 0 Å². The molecule has 1 aromatic carbocycles. The summed E-state index contributed by atoms with van der Waals surface area (Å²) in [6.07, 6.45) is 4.94. The number of hydrogen-bond acceptors (Lipinski definition) is 1. The molecule has 2 fully saturated rings. The highest BCUT2D eigenvalue weighted by Crippen LogP contribution is 2.43. The molecule has 0 radical (unpaired) electrons. The predicted molar refractivity (Wildman–Crippen MR) is 98.6 cm³/mol. The molecular weight excluding hydrogens is 296 g/mol. The van der Waals surface area contributed by atoms with Gasteiger partial charge in [-0.25, -0.2) is 0 Å². The Bertz CT molecular complexity index is 508. The maximum Gasteiger partial charge on any atom is 0.127 e. The van der Waals surface area contributed by atoms with Crippen molar-refractivity contribution in [2.24, 2.45) is 5.41 Å². The summed E-state index contributed by atoms with van der Waals surface area (Å²) in [7, 11) is 2.33. The molecule has 2 aliphatic rings. The summed E-state index contributed by atoms with van der Waals surface area (Å²) in [6, 6.07) is 11.1. The van der Waals surface area contributed by atoms with Gasteiger partial charge in [-0.3, -0.25) is 0 Å². The van der Waals surface area contributed by atoms with Crippen molar-refractivity contribution in [2.75, 3.05) is 46.4 Å². The Morgan fingerprint density at radius 1 is 1.04 bits per heavy atom. The lowest BCUT2D eigenvalue weighted by atomic mass is 9.68. The van der Waals surface area contributed by atoms with Crippen molar-refractivity contribution in [3.05, 3.63) is 35.9 Å². The van der Waals surface area contributed by atoms with E-state index in [2.05, 4.69) is 51.2 Å². The van der Waals surface area contributed by atoms with Crippen molar-refractivity contribution in [2.45, 2.75) is 45.1 Å². The number of benzene rings is 1. The third-order valence-electron chi connectivity index (χ3n) is 6.17. The monoisotopic (exact) mass is 332 g/mol. The highest BCUT2D eigenvalue weighted by Gasteiger charge is 2.41. The molecule has 3 rings (SSSR count). The van der Waals surface area contributed by atoms with Gasteiger partial charge < -0.3 is 14.5 Å². The van der Waals surface area contributed by atoms with E-state index in [1.54, 1.807) is 4.90 Å². The Balaban J connectivity index is 1.67. The number of likely N-dealkylation sites (N-methyl/N-ethyl adjacent to an activating group) is 1. The third kappa shape index (κ3) is 4.81. The largest absolute Gasteiger partial charge is 0.376 e. The van der Waals surface area contributed by atoms with Crippen molar-refractivity contribution < 1.29 is 14.5 Å². The molecule has 1 aromatic rings. The second kappa shape index (κ2) is 7.55. The normalized spacial score (nSPS) is 33.3. The van der Waals surface area contributed by atoms with Crippen LogP contribution in [0, 0.1) is 5.41 Å². The van der Waals surface area contributed by atoms with Gasteiger partial charge in [0.15, 0.2) is 0 Å². The summed E-state index contributed by atoms with van der Waals surface area (Å²) in [5, 5.41) is 0. The van der Waals surface area contributed by atoms with Crippen molar-refractivity contribution in [3.63, 3.8) is 0 Å². The minimum atomic E-state index is 0.0224. The molecule has 3 heteroatoms. The summed E-state index contributed by atoms with van der Waals surface area (Å²) >= 11 is 0. The maximum atomic E-state index is 6.05. The molecule has 24 heavy (non-hydrogen) atoms. The van der Waals surface area contributed by atoms with Crippen molar-refractivity contribution in [1.82, 2.24) is 0 Å². The van der Waals surface area contributed by atoms with Gasteiger partial charge >= 0.3 is 0 Å². The molecule has 2 saturated heterocycles. The van der Waals surface area contributed by atoms with Gasteiger partial charge in [-0.1, -0.05) is 30.3 Å². The van der Waals surface area contributed by atoms with Crippen LogP contribution >= 0.6 is 0 Å². The summed E-state index contributed by atoms with van der Waals surface area (Å²) in [5.74, 6) is 0. The molecule has 134 valence electrons. The number of rotatable bonds is 5. The van der Waals surface area contributed by atoms with E-state index in [0.29, 0.717) is 5.41 Å². The first kappa shape index (κ1) is 17.9. The van der Waals surface area contributed by atoms with Crippen LogP contribution in [0.1, 0.15) is 38.7 Å². The van der Waals surface area contributed by atoms with E-state index in [9.17, 15) is 0 Å². The fourth-order valence-corrected chi connectivity index (χ4v) is 4.79. The van der Waals surface area contributed by atoms with Gasteiger partial charge in [0.25, 0.3) is 0 Å². The number of ether oxygens (including phenoxy) is 1. The van der Waals surface area contributed by atoms with Crippen LogP contribution in [0.25, 0.3) is 0 Å². The van der Waals surface area contributed by atoms with E-state index >= 15 is 0 Å². The van der Waals surface area contributed by atoms with E-state index < -0.39 is 0 Å². The first-order chi connectivity index (χ1) is 11.5. The molecule has 0 amide bonds. The Morgan fingerprint density at radius 3 is 2.42 bits per heavy atom. The van der Waals surface area contributed by atoms with Crippen LogP contribution in [0.2, 0.25) is 0 Å². The minimum Gasteiger partial charge on any atom is -0.376 e. The predicted octanol–water partition coefficient (Wildman–Crippen LogP) is 0.608. The first-order valence-corrected chi connectivity index (χ1v) is 9.79. The fourth-order valence-electron chi connectivity index (χ4n) is 4.79. The molecule has 2 aliphatic heterocycles. The molecule has 3 nitrogen and oxygen atoms in total. The molecule has 0 aromatic heterocycles. The summed E-state index contributed by atoms with van der Waals surface area (Å²) in [6.45, 7) is 12.1. The fraction of sp³-hybridized carbons (Fsp3) is 0.714. The smallest absolute Gasteiger partial charge is 0.127 e. The zero-order chi connectivity index (χ0) is 17.0. The van der Waals surface area contributed by atoms with Gasteiger partial charge in [-0.2, -0.15) is 0 Å². The summed E-state index contributed by atoms with van der Waals surface area (Å²) in [4.78, 5) is 3.52. The van der Waals surface area contributed by atoms with E-state index in [4.69, 9.17) is 4.74 Å². The highest BCUT2D eigenvalue weighted by molar-refractivity contribution is 5.17. The molecule has 0 aliphatic carbocycles. The van der Waals surface area contributed by atoms with Crippen LogP contribution < -0.4 is 9.80 Å². The van der Waals surface area contributed by atoms with Crippen LogP contribution in [0.4, 0.5) is 0 Å². The highest BCUT2D eigenvalue weighted by atomic mass is 16.5. The molecule has 0 bridgehead atoms. The van der Waals surface area contributed by atoms with Crippen LogP contribution in [-0.2, 0) is 11.2 Å². The van der Waals surface area contributed by atoms with E-state index in [0.717, 1.165) is 6.61 Å². The van der Waals surface area contributed by atoms with Crippen molar-refractivity contribution in [1.29, 1.82) is 0 Å². The van der Waals surface area contributed by atoms with E-state index in [1.165, 1.54) is 64.0 Å². The number of nitrogens with one attached hydrogen (secondary N) is 2. The van der Waals surface area contributed by atoms with E-state index in [-0.39, 0.29) is 5.60 Å². The molecule has 0 saturated carbocycles. The molecule has 2 heterocycles. The second-order valence-electron chi connectivity index (χ2n) is 8.90. The second-order valence-corrected chi connectivity index (χ2v) is 8.90. The topological polar surface area (TPSA) is 18.1 Å². The van der Waals surface area contributed by atoms with Gasteiger partial charge in [0.2, 0.25) is 0 Å². The minimum absolute atomic E-state index is 0.0224. The Labute approximate surface area is 148 Å². The van der Waals surface area contributed by atoms with Crippen LogP contribution in [0.15, 0.2) is 30.3 Å². The first-order valence-electron chi connectivity index (χ1n) is 9.79. The average molecular weight is 333 g/mol. The summed E-state index contributed by atoms with van der Waals surface area (Å²) in [5.41, 5.74) is 1.93. The van der Waals surface area contributed by atoms with Gasteiger partial charge in [-0.05, 0) is 44.1 Å². The lowest BCUT2D eigenvalue weighted by Crippen LogP contribution is -3.27. The van der Waals surface area contributed by atoms with Crippen molar-refractivity contribution >= 4 is 0 Å². The average Bonchev–Trinajstić information content (AvgIpc) is 2.54. The standard InChI is InChI=1S/C21H34N2O/c1-20(2)18-21(10-16-24-20,17-19-7-5-4-6-8-19)9-11-23-14-12-22(3)13-15-23/h4-8H,9-18H2,1-3H3/p+2/t21-/m1/s1.